The monoisotopic (exact) mass is 493 g/mol. The van der Waals surface area contributed by atoms with Crippen LogP contribution in [0.25, 0.3) is 6.08 Å². The van der Waals surface area contributed by atoms with Gasteiger partial charge in [-0.05, 0) is 35.4 Å². The van der Waals surface area contributed by atoms with Gasteiger partial charge in [0.1, 0.15) is 5.75 Å². The van der Waals surface area contributed by atoms with Gasteiger partial charge in [0.05, 0.1) is 28.6 Å². The highest BCUT2D eigenvalue weighted by molar-refractivity contribution is 8.00. The summed E-state index contributed by atoms with van der Waals surface area (Å²) in [5.74, 6) is -1.43. The van der Waals surface area contributed by atoms with E-state index in [1.165, 1.54) is 31.4 Å². The molecule has 1 aliphatic heterocycles. The zero-order chi connectivity index (χ0) is 22.8. The summed E-state index contributed by atoms with van der Waals surface area (Å²) in [6.45, 7) is 0. The highest BCUT2D eigenvalue weighted by Crippen LogP contribution is 2.39. The first-order chi connectivity index (χ1) is 14.6. The van der Waals surface area contributed by atoms with Gasteiger partial charge in [0, 0.05) is 17.5 Å². The molecule has 1 saturated heterocycles. The molecule has 2 aromatic rings. The molecule has 2 aromatic carbocycles. The fourth-order valence-corrected chi connectivity index (χ4v) is 4.09. The van der Waals surface area contributed by atoms with Crippen LogP contribution in [-0.2, 0) is 0 Å². The lowest BCUT2D eigenvalue weighted by Crippen LogP contribution is -2.43. The number of benzene rings is 2. The summed E-state index contributed by atoms with van der Waals surface area (Å²) in [5, 5.41) is 1.88. The zero-order valence-corrected chi connectivity index (χ0v) is 18.4. The van der Waals surface area contributed by atoms with Gasteiger partial charge in [-0.25, -0.2) is 4.39 Å². The Balaban J connectivity index is 1.87. The zero-order valence-electron chi connectivity index (χ0n) is 16.1. The summed E-state index contributed by atoms with van der Waals surface area (Å²) in [6.07, 6.45) is -2.50. The van der Waals surface area contributed by atoms with E-state index in [9.17, 15) is 22.4 Å². The SMILES string of the molecule is COc1cc(C=CC(c2cc(Cl)c(F)c(Cl)c2)C(F)(F)F)ccc1C(=O)NC1CSC1. The molecule has 3 rings (SSSR count). The number of methoxy groups -OCH3 is 1. The maximum absolute atomic E-state index is 13.6. The van der Waals surface area contributed by atoms with Crippen LogP contribution in [0, 0.1) is 5.82 Å². The molecule has 1 heterocycles. The number of thioether (sulfide) groups is 1. The van der Waals surface area contributed by atoms with E-state index in [2.05, 4.69) is 5.32 Å². The maximum atomic E-state index is 13.6. The van der Waals surface area contributed by atoms with Crippen molar-refractivity contribution in [2.45, 2.75) is 18.1 Å². The third-order valence-corrected chi connectivity index (χ3v) is 6.47. The smallest absolute Gasteiger partial charge is 0.399 e. The molecule has 1 fully saturated rings. The topological polar surface area (TPSA) is 38.3 Å². The molecule has 1 amide bonds. The third-order valence-electron chi connectivity index (χ3n) is 4.64. The van der Waals surface area contributed by atoms with Crippen molar-refractivity contribution in [1.82, 2.24) is 5.32 Å². The number of carbonyl (C=O) groups excluding carboxylic acids is 1. The van der Waals surface area contributed by atoms with Gasteiger partial charge in [0.25, 0.3) is 5.91 Å². The molecule has 1 aliphatic rings. The van der Waals surface area contributed by atoms with Crippen LogP contribution in [-0.4, -0.2) is 36.7 Å². The molecule has 10 heteroatoms. The van der Waals surface area contributed by atoms with Gasteiger partial charge in [-0.3, -0.25) is 4.79 Å². The number of rotatable bonds is 6. The largest absolute Gasteiger partial charge is 0.496 e. The minimum Gasteiger partial charge on any atom is -0.496 e. The summed E-state index contributed by atoms with van der Waals surface area (Å²) in [6, 6.07) is 6.38. The lowest BCUT2D eigenvalue weighted by molar-refractivity contribution is -0.139. The molecule has 0 aromatic heterocycles. The first-order valence-electron chi connectivity index (χ1n) is 9.06. The molecule has 3 nitrogen and oxygen atoms in total. The summed E-state index contributed by atoms with van der Waals surface area (Å²) >= 11 is 13.0. The van der Waals surface area contributed by atoms with Gasteiger partial charge in [0.15, 0.2) is 5.82 Å². The van der Waals surface area contributed by atoms with E-state index in [0.29, 0.717) is 11.1 Å². The van der Waals surface area contributed by atoms with Gasteiger partial charge >= 0.3 is 6.18 Å². The number of alkyl halides is 3. The fourth-order valence-electron chi connectivity index (χ4n) is 2.95. The van der Waals surface area contributed by atoms with E-state index in [-0.39, 0.29) is 23.3 Å². The summed E-state index contributed by atoms with van der Waals surface area (Å²) < 4.78 is 59.8. The number of hydrogen-bond donors (Lipinski definition) is 1. The van der Waals surface area contributed by atoms with Crippen LogP contribution >= 0.6 is 35.0 Å². The molecule has 166 valence electrons. The molecule has 0 aliphatic carbocycles. The molecule has 0 spiro atoms. The highest BCUT2D eigenvalue weighted by atomic mass is 35.5. The number of amides is 1. The second-order valence-corrected chi connectivity index (χ2v) is 8.73. The van der Waals surface area contributed by atoms with Crippen molar-refractivity contribution in [3.8, 4) is 5.75 Å². The van der Waals surface area contributed by atoms with Gasteiger partial charge in [0.2, 0.25) is 0 Å². The normalized spacial score (nSPS) is 15.6. The lowest BCUT2D eigenvalue weighted by atomic mass is 9.96. The first kappa shape index (κ1) is 23.8. The molecule has 0 bridgehead atoms. The van der Waals surface area contributed by atoms with Crippen molar-refractivity contribution < 1.29 is 27.1 Å². The van der Waals surface area contributed by atoms with Crippen LogP contribution < -0.4 is 10.1 Å². The number of carbonyl (C=O) groups is 1. The summed E-state index contributed by atoms with van der Waals surface area (Å²) in [5.41, 5.74) is 0.392. The van der Waals surface area contributed by atoms with Crippen molar-refractivity contribution in [1.29, 1.82) is 0 Å². The molecule has 0 radical (unpaired) electrons. The van der Waals surface area contributed by atoms with Crippen molar-refractivity contribution in [3.63, 3.8) is 0 Å². The molecule has 1 unspecified atom stereocenters. The molecule has 1 N–H and O–H groups in total. The van der Waals surface area contributed by atoms with Gasteiger partial charge in [-0.2, -0.15) is 24.9 Å². The second kappa shape index (κ2) is 9.71. The minimum atomic E-state index is -4.66. The van der Waals surface area contributed by atoms with E-state index in [1.807, 2.05) is 0 Å². The van der Waals surface area contributed by atoms with Gasteiger partial charge in [-0.1, -0.05) is 41.4 Å². The molecule has 31 heavy (non-hydrogen) atoms. The molecule has 0 saturated carbocycles. The van der Waals surface area contributed by atoms with Gasteiger partial charge < -0.3 is 10.1 Å². The Hall–Kier alpha value is -1.90. The quantitative estimate of drug-likeness (QED) is 0.376. The lowest BCUT2D eigenvalue weighted by Gasteiger charge is -2.26. The van der Waals surface area contributed by atoms with Crippen molar-refractivity contribution in [3.05, 3.63) is 69.0 Å². The predicted molar refractivity (Wildman–Crippen MR) is 116 cm³/mol. The second-order valence-electron chi connectivity index (χ2n) is 6.84. The number of nitrogens with one attached hydrogen (secondary N) is 1. The maximum Gasteiger partial charge on any atom is 0.399 e. The van der Waals surface area contributed by atoms with Crippen LogP contribution in [0.3, 0.4) is 0 Å². The Morgan fingerprint density at radius 2 is 1.87 bits per heavy atom. The van der Waals surface area contributed by atoms with E-state index >= 15 is 0 Å². The first-order valence-corrected chi connectivity index (χ1v) is 11.0. The van der Waals surface area contributed by atoms with Crippen LogP contribution in [0.5, 0.6) is 5.75 Å². The summed E-state index contributed by atoms with van der Waals surface area (Å²) in [4.78, 5) is 12.4. The average Bonchev–Trinajstić information content (AvgIpc) is 2.67. The Morgan fingerprint density at radius 1 is 1.23 bits per heavy atom. The van der Waals surface area contributed by atoms with Crippen LogP contribution in [0.2, 0.25) is 10.0 Å². The molecule has 1 atom stereocenters. The number of allylic oxidation sites excluding steroid dienone is 1. The van der Waals surface area contributed by atoms with Gasteiger partial charge in [-0.15, -0.1) is 0 Å². The van der Waals surface area contributed by atoms with Crippen LogP contribution in [0.1, 0.15) is 27.4 Å². The van der Waals surface area contributed by atoms with E-state index in [4.69, 9.17) is 27.9 Å². The Morgan fingerprint density at radius 3 is 2.39 bits per heavy atom. The standard InChI is InChI=1S/C21H17Cl2F4NO2S/c1-30-18-6-11(2-4-14(18)20(29)28-13-9-31-10-13)3-5-15(21(25,26)27)12-7-16(22)19(24)17(23)8-12/h2-8,13,15H,9-10H2,1H3,(H,28,29). The average molecular weight is 494 g/mol. The Labute approximate surface area is 190 Å². The van der Waals surface area contributed by atoms with E-state index < -0.39 is 28.0 Å². The highest BCUT2D eigenvalue weighted by Gasteiger charge is 2.39. The van der Waals surface area contributed by atoms with Crippen LogP contribution in [0.15, 0.2) is 36.4 Å². The van der Waals surface area contributed by atoms with Crippen molar-refractivity contribution >= 4 is 46.9 Å². The molecular formula is C21H17Cl2F4NO2S. The van der Waals surface area contributed by atoms with Crippen LogP contribution in [0.4, 0.5) is 17.6 Å². The minimum absolute atomic E-state index is 0.101. The number of hydrogen-bond acceptors (Lipinski definition) is 3. The van der Waals surface area contributed by atoms with Crippen molar-refractivity contribution in [2.24, 2.45) is 0 Å². The summed E-state index contributed by atoms with van der Waals surface area (Å²) in [7, 11) is 1.37. The van der Waals surface area contributed by atoms with E-state index in [1.54, 1.807) is 11.8 Å². The Kier molecular flexibility index (Phi) is 7.44. The number of ether oxygens (including phenoxy) is 1. The van der Waals surface area contributed by atoms with Crippen molar-refractivity contribution in [2.75, 3.05) is 18.6 Å². The van der Waals surface area contributed by atoms with E-state index in [0.717, 1.165) is 29.7 Å². The third kappa shape index (κ3) is 5.67. The molecular weight excluding hydrogens is 477 g/mol. The number of halogens is 6. The predicted octanol–water partition coefficient (Wildman–Crippen LogP) is 6.35. The Bertz CT molecular complexity index is 986. The fraction of sp³-hybridized carbons (Fsp3) is 0.286.